The van der Waals surface area contributed by atoms with Gasteiger partial charge in [-0.2, -0.15) is 0 Å². The van der Waals surface area contributed by atoms with Crippen LogP contribution in [-0.4, -0.2) is 23.3 Å². The lowest BCUT2D eigenvalue weighted by atomic mass is 10.2. The summed E-state index contributed by atoms with van der Waals surface area (Å²) in [6, 6.07) is 13.9. The molecule has 0 aliphatic carbocycles. The van der Waals surface area contributed by atoms with Gasteiger partial charge in [-0.05, 0) is 35.9 Å². The first-order valence-electron chi connectivity index (χ1n) is 7.04. The Morgan fingerprint density at radius 3 is 2.91 bits per heavy atom. The van der Waals surface area contributed by atoms with Gasteiger partial charge in [-0.1, -0.05) is 12.1 Å². The summed E-state index contributed by atoms with van der Waals surface area (Å²) in [6.07, 6.45) is -0.566. The number of rotatable bonds is 4. The lowest BCUT2D eigenvalue weighted by Gasteiger charge is -2.06. The Morgan fingerprint density at radius 2 is 2.09 bits per heavy atom. The van der Waals surface area contributed by atoms with E-state index in [1.807, 2.05) is 24.3 Å². The fourth-order valence-electron chi connectivity index (χ4n) is 2.24. The summed E-state index contributed by atoms with van der Waals surface area (Å²) in [7, 11) is 1.59. The third kappa shape index (κ3) is 3.55. The van der Waals surface area contributed by atoms with E-state index in [9.17, 15) is 9.90 Å². The molecule has 0 aliphatic heterocycles. The minimum absolute atomic E-state index is 0.158. The molecule has 118 valence electrons. The van der Waals surface area contributed by atoms with E-state index >= 15 is 0 Å². The Kier molecular flexibility index (Phi) is 4.05. The molecule has 3 N–H and O–H groups in total. The second-order valence-corrected chi connectivity index (χ2v) is 5.00. The highest BCUT2D eigenvalue weighted by atomic mass is 16.6. The quantitative estimate of drug-likeness (QED) is 0.691. The summed E-state index contributed by atoms with van der Waals surface area (Å²) >= 11 is 0. The number of hydrogen-bond donors (Lipinski definition) is 3. The second kappa shape index (κ2) is 6.31. The summed E-state index contributed by atoms with van der Waals surface area (Å²) in [5.41, 5.74) is 1.68. The van der Waals surface area contributed by atoms with E-state index in [2.05, 4.69) is 10.3 Å². The SMILES string of the molecule is COc1cccc(CNC(=O)Oc2cc3cc(O)ccc3[nH]2)c1. The number of methoxy groups -OCH3 is 1. The standard InChI is InChI=1S/C17H16N2O4/c1-22-14-4-2-3-11(7-14)10-18-17(21)23-16-9-12-8-13(20)5-6-15(12)19-16/h2-9,19-20H,10H2,1H3,(H,18,21). The normalized spacial score (nSPS) is 10.5. The molecule has 0 aliphatic rings. The number of amides is 1. The Morgan fingerprint density at radius 1 is 1.22 bits per heavy atom. The Labute approximate surface area is 132 Å². The van der Waals surface area contributed by atoms with Crippen LogP contribution in [0.2, 0.25) is 0 Å². The number of hydrogen-bond acceptors (Lipinski definition) is 4. The third-order valence-electron chi connectivity index (χ3n) is 3.35. The lowest BCUT2D eigenvalue weighted by Crippen LogP contribution is -2.26. The molecule has 0 fully saturated rings. The number of aromatic nitrogens is 1. The lowest BCUT2D eigenvalue weighted by molar-refractivity contribution is 0.198. The van der Waals surface area contributed by atoms with Crippen molar-refractivity contribution in [2.45, 2.75) is 6.54 Å². The largest absolute Gasteiger partial charge is 0.508 e. The van der Waals surface area contributed by atoms with Crippen LogP contribution >= 0.6 is 0 Å². The predicted octanol–water partition coefficient (Wildman–Crippen LogP) is 3.17. The van der Waals surface area contributed by atoms with Crippen molar-refractivity contribution in [3.63, 3.8) is 0 Å². The number of benzene rings is 2. The molecule has 1 amide bonds. The van der Waals surface area contributed by atoms with Crippen molar-refractivity contribution in [2.75, 3.05) is 7.11 Å². The average Bonchev–Trinajstić information content (AvgIpc) is 2.94. The van der Waals surface area contributed by atoms with Gasteiger partial charge in [0.1, 0.15) is 11.5 Å². The van der Waals surface area contributed by atoms with Crippen LogP contribution in [0.1, 0.15) is 5.56 Å². The number of phenols is 1. The van der Waals surface area contributed by atoms with Gasteiger partial charge in [0.2, 0.25) is 5.88 Å². The van der Waals surface area contributed by atoms with Crippen LogP contribution in [0.15, 0.2) is 48.5 Å². The van der Waals surface area contributed by atoms with Crippen molar-refractivity contribution >= 4 is 17.0 Å². The molecular formula is C17H16N2O4. The maximum Gasteiger partial charge on any atom is 0.414 e. The number of ether oxygens (including phenoxy) is 2. The van der Waals surface area contributed by atoms with Crippen molar-refractivity contribution in [1.82, 2.24) is 10.3 Å². The predicted molar refractivity (Wildman–Crippen MR) is 85.8 cm³/mol. The van der Waals surface area contributed by atoms with Gasteiger partial charge in [-0.25, -0.2) is 4.79 Å². The molecule has 2 aromatic carbocycles. The fraction of sp³-hybridized carbons (Fsp3) is 0.118. The molecular weight excluding hydrogens is 296 g/mol. The van der Waals surface area contributed by atoms with Crippen molar-refractivity contribution < 1.29 is 19.4 Å². The number of H-pyrrole nitrogens is 1. The number of nitrogens with one attached hydrogen (secondary N) is 2. The Balaban J connectivity index is 1.61. The minimum Gasteiger partial charge on any atom is -0.508 e. The van der Waals surface area contributed by atoms with Gasteiger partial charge < -0.3 is 24.9 Å². The summed E-state index contributed by atoms with van der Waals surface area (Å²) in [4.78, 5) is 14.8. The van der Waals surface area contributed by atoms with Gasteiger partial charge in [0, 0.05) is 23.5 Å². The highest BCUT2D eigenvalue weighted by Gasteiger charge is 2.08. The molecule has 0 atom stereocenters. The van der Waals surface area contributed by atoms with Crippen LogP contribution in [0.4, 0.5) is 4.79 Å². The summed E-state index contributed by atoms with van der Waals surface area (Å²) in [5, 5.41) is 12.9. The van der Waals surface area contributed by atoms with Gasteiger partial charge >= 0.3 is 6.09 Å². The summed E-state index contributed by atoms with van der Waals surface area (Å²) in [5.74, 6) is 1.20. The highest BCUT2D eigenvalue weighted by molar-refractivity contribution is 5.83. The molecule has 0 bridgehead atoms. The van der Waals surface area contributed by atoms with Crippen LogP contribution in [0.5, 0.6) is 17.4 Å². The van der Waals surface area contributed by atoms with Crippen molar-refractivity contribution in [3.05, 3.63) is 54.1 Å². The van der Waals surface area contributed by atoms with E-state index in [-0.39, 0.29) is 5.75 Å². The zero-order chi connectivity index (χ0) is 16.2. The monoisotopic (exact) mass is 312 g/mol. The first kappa shape index (κ1) is 14.8. The molecule has 1 heterocycles. The summed E-state index contributed by atoms with van der Waals surface area (Å²) in [6.45, 7) is 0.330. The molecule has 0 spiro atoms. The fourth-order valence-corrected chi connectivity index (χ4v) is 2.24. The second-order valence-electron chi connectivity index (χ2n) is 5.00. The van der Waals surface area contributed by atoms with Gasteiger partial charge in [0.25, 0.3) is 0 Å². The number of aromatic hydroxyl groups is 1. The van der Waals surface area contributed by atoms with E-state index in [1.165, 1.54) is 0 Å². The van der Waals surface area contributed by atoms with E-state index in [0.717, 1.165) is 22.2 Å². The highest BCUT2D eigenvalue weighted by Crippen LogP contribution is 2.24. The number of carbonyl (C=O) groups is 1. The maximum atomic E-state index is 11.9. The topological polar surface area (TPSA) is 83.6 Å². The molecule has 23 heavy (non-hydrogen) atoms. The molecule has 6 nitrogen and oxygen atoms in total. The molecule has 0 unspecified atom stereocenters. The summed E-state index contributed by atoms with van der Waals surface area (Å²) < 4.78 is 10.3. The van der Waals surface area contributed by atoms with Gasteiger partial charge in [0.15, 0.2) is 0 Å². The average molecular weight is 312 g/mol. The Hall–Kier alpha value is -3.15. The molecule has 1 aromatic heterocycles. The first-order valence-corrected chi connectivity index (χ1v) is 7.04. The molecule has 3 aromatic rings. The van der Waals surface area contributed by atoms with Crippen molar-refractivity contribution in [2.24, 2.45) is 0 Å². The third-order valence-corrected chi connectivity index (χ3v) is 3.35. The van der Waals surface area contributed by atoms with E-state index < -0.39 is 6.09 Å². The molecule has 6 heteroatoms. The zero-order valence-corrected chi connectivity index (χ0v) is 12.5. The Bertz CT molecular complexity index is 841. The number of carbonyl (C=O) groups excluding carboxylic acids is 1. The number of fused-ring (bicyclic) bond motifs is 1. The van der Waals surface area contributed by atoms with Gasteiger partial charge in [-0.15, -0.1) is 0 Å². The molecule has 0 saturated carbocycles. The molecule has 3 rings (SSSR count). The maximum absolute atomic E-state index is 11.9. The van der Waals surface area contributed by atoms with Gasteiger partial charge in [-0.3, -0.25) is 0 Å². The van der Waals surface area contributed by atoms with Crippen LogP contribution in [0, 0.1) is 0 Å². The minimum atomic E-state index is -0.566. The van der Waals surface area contributed by atoms with E-state index in [0.29, 0.717) is 12.4 Å². The zero-order valence-electron chi connectivity index (χ0n) is 12.5. The molecule has 0 saturated heterocycles. The van der Waals surface area contributed by atoms with Crippen molar-refractivity contribution in [3.8, 4) is 17.4 Å². The van der Waals surface area contributed by atoms with Gasteiger partial charge in [0.05, 0.1) is 7.11 Å². The van der Waals surface area contributed by atoms with Crippen LogP contribution in [-0.2, 0) is 6.54 Å². The number of phenolic OH excluding ortho intramolecular Hbond substituents is 1. The molecule has 0 radical (unpaired) electrons. The number of aromatic amines is 1. The van der Waals surface area contributed by atoms with Crippen molar-refractivity contribution in [1.29, 1.82) is 0 Å². The van der Waals surface area contributed by atoms with Crippen LogP contribution in [0.25, 0.3) is 10.9 Å². The van der Waals surface area contributed by atoms with Crippen LogP contribution in [0.3, 0.4) is 0 Å². The first-order chi connectivity index (χ1) is 11.1. The van der Waals surface area contributed by atoms with E-state index in [1.54, 1.807) is 31.4 Å². The van der Waals surface area contributed by atoms with Crippen LogP contribution < -0.4 is 14.8 Å². The smallest absolute Gasteiger partial charge is 0.414 e. The van der Waals surface area contributed by atoms with E-state index in [4.69, 9.17) is 9.47 Å².